The molecule has 30 heavy (non-hydrogen) atoms. The van der Waals surface area contributed by atoms with Crippen LogP contribution in [0.4, 0.5) is 18.9 Å². The molecule has 0 saturated carbocycles. The van der Waals surface area contributed by atoms with Gasteiger partial charge in [0.2, 0.25) is 0 Å². The second-order valence-corrected chi connectivity index (χ2v) is 6.82. The number of rotatable bonds is 2. The van der Waals surface area contributed by atoms with Crippen molar-refractivity contribution in [3.05, 3.63) is 71.6 Å². The van der Waals surface area contributed by atoms with Crippen LogP contribution < -0.4 is 5.32 Å². The zero-order valence-electron chi connectivity index (χ0n) is 15.9. The molecule has 0 unspecified atom stereocenters. The molecule has 4 rings (SSSR count). The van der Waals surface area contributed by atoms with Gasteiger partial charge in [-0.15, -0.1) is 0 Å². The van der Waals surface area contributed by atoms with Gasteiger partial charge < -0.3 is 15.2 Å². The fourth-order valence-electron chi connectivity index (χ4n) is 3.80. The molecule has 6 nitrogen and oxygen atoms in total. The first kappa shape index (κ1) is 21.4. The van der Waals surface area contributed by atoms with Crippen molar-refractivity contribution in [3.8, 4) is 0 Å². The lowest BCUT2D eigenvalue weighted by Crippen LogP contribution is -2.30. The van der Waals surface area contributed by atoms with Gasteiger partial charge in [-0.05, 0) is 41.7 Å². The van der Waals surface area contributed by atoms with Gasteiger partial charge in [0.1, 0.15) is 0 Å². The average Bonchev–Trinajstić information content (AvgIpc) is 3.23. The van der Waals surface area contributed by atoms with Crippen LogP contribution in [0.1, 0.15) is 39.9 Å². The van der Waals surface area contributed by atoms with Gasteiger partial charge in [0.05, 0.1) is 24.4 Å². The number of aromatic nitrogens is 1. The summed E-state index contributed by atoms with van der Waals surface area (Å²) < 4.78 is 36.7. The molecule has 2 heterocycles. The predicted molar refractivity (Wildman–Crippen MR) is 102 cm³/mol. The summed E-state index contributed by atoms with van der Waals surface area (Å²) in [5, 5.41) is 10.7. The number of ether oxygens (including phenoxy) is 1. The number of fused-ring (bicyclic) bond motifs is 3. The van der Waals surface area contributed by atoms with Crippen LogP contribution in [0.15, 0.2) is 54.9 Å². The fraction of sp³-hybridized carbons (Fsp3) is 0.286. The molecule has 0 spiro atoms. The minimum Gasteiger partial charge on any atom is -0.475 e. The van der Waals surface area contributed by atoms with Crippen molar-refractivity contribution in [2.75, 3.05) is 12.4 Å². The Morgan fingerprint density at radius 1 is 1.20 bits per heavy atom. The Morgan fingerprint density at radius 2 is 1.87 bits per heavy atom. The summed E-state index contributed by atoms with van der Waals surface area (Å²) in [5.41, 5.74) is 3.87. The lowest BCUT2D eigenvalue weighted by atomic mass is 9.76. The summed E-state index contributed by atoms with van der Waals surface area (Å²) >= 11 is 0. The summed E-state index contributed by atoms with van der Waals surface area (Å²) in [6.07, 6.45) is 4.09. The molecule has 9 heteroatoms. The number of hydrogen-bond acceptors (Lipinski definition) is 5. The van der Waals surface area contributed by atoms with Crippen LogP contribution in [0.3, 0.4) is 0 Å². The molecule has 0 bridgehead atoms. The monoisotopic (exact) mass is 420 g/mol. The Kier molecular flexibility index (Phi) is 6.09. The molecule has 0 fully saturated rings. The highest BCUT2D eigenvalue weighted by Gasteiger charge is 2.39. The number of halogens is 3. The molecule has 1 aromatic carbocycles. The Hall–Kier alpha value is -3.36. The van der Waals surface area contributed by atoms with Gasteiger partial charge in [-0.25, -0.2) is 9.59 Å². The molecule has 158 valence electrons. The summed E-state index contributed by atoms with van der Waals surface area (Å²) in [4.78, 5) is 25.1. The van der Waals surface area contributed by atoms with Gasteiger partial charge in [0.15, 0.2) is 0 Å². The van der Waals surface area contributed by atoms with E-state index in [0.29, 0.717) is 17.4 Å². The second kappa shape index (κ2) is 8.56. The van der Waals surface area contributed by atoms with E-state index in [4.69, 9.17) is 14.6 Å². The lowest BCUT2D eigenvalue weighted by Gasteiger charge is -2.38. The molecular weight excluding hydrogens is 401 g/mol. The van der Waals surface area contributed by atoms with Crippen LogP contribution in [-0.2, 0) is 9.53 Å². The van der Waals surface area contributed by atoms with Crippen molar-refractivity contribution in [1.82, 2.24) is 4.98 Å². The number of benzene rings is 1. The van der Waals surface area contributed by atoms with Gasteiger partial charge in [-0.2, -0.15) is 13.2 Å². The molecule has 0 saturated heterocycles. The first-order valence-corrected chi connectivity index (χ1v) is 9.08. The maximum Gasteiger partial charge on any atom is 0.490 e. The second-order valence-electron chi connectivity index (χ2n) is 6.82. The summed E-state index contributed by atoms with van der Waals surface area (Å²) in [7, 11) is 1.42. The molecule has 1 aliphatic heterocycles. The number of alkyl halides is 3. The van der Waals surface area contributed by atoms with E-state index in [-0.39, 0.29) is 12.0 Å². The Balaban J connectivity index is 0.000000318. The molecule has 1 aromatic heterocycles. The summed E-state index contributed by atoms with van der Waals surface area (Å²) in [5.74, 6) is -2.28. The highest BCUT2D eigenvalue weighted by Crippen LogP contribution is 2.50. The minimum absolute atomic E-state index is 0.163. The third-order valence-corrected chi connectivity index (χ3v) is 5.11. The zero-order valence-corrected chi connectivity index (χ0v) is 15.9. The van der Waals surface area contributed by atoms with Gasteiger partial charge >= 0.3 is 18.1 Å². The number of carboxylic acids is 1. The van der Waals surface area contributed by atoms with Crippen molar-refractivity contribution in [1.29, 1.82) is 0 Å². The number of anilines is 1. The number of aliphatic carboxylic acids is 1. The van der Waals surface area contributed by atoms with Crippen LogP contribution in [0, 0.1) is 5.92 Å². The van der Waals surface area contributed by atoms with E-state index in [2.05, 4.69) is 28.5 Å². The molecule has 0 amide bonds. The molecule has 0 radical (unpaired) electrons. The Bertz CT molecular complexity index is 960. The van der Waals surface area contributed by atoms with Crippen molar-refractivity contribution in [2.45, 2.75) is 24.6 Å². The Labute approximate surface area is 170 Å². The largest absolute Gasteiger partial charge is 0.490 e. The number of hydrogen-bond donors (Lipinski definition) is 2. The lowest BCUT2D eigenvalue weighted by molar-refractivity contribution is -0.192. The molecule has 2 aliphatic rings. The highest BCUT2D eigenvalue weighted by molar-refractivity contribution is 5.97. The highest BCUT2D eigenvalue weighted by atomic mass is 19.4. The first-order valence-electron chi connectivity index (χ1n) is 9.08. The SMILES string of the molecule is COC(=O)c1cccc2c1N[C@@H](c1ccncc1)[C@H]1CC=C[C@@H]21.O=C(O)C(F)(F)F. The van der Waals surface area contributed by atoms with E-state index in [1.807, 2.05) is 36.7 Å². The minimum atomic E-state index is -5.08. The number of carbonyl (C=O) groups is 2. The van der Waals surface area contributed by atoms with Crippen molar-refractivity contribution in [2.24, 2.45) is 5.92 Å². The number of para-hydroxylation sites is 1. The maximum absolute atomic E-state index is 12.1. The van der Waals surface area contributed by atoms with E-state index in [1.54, 1.807) is 0 Å². The van der Waals surface area contributed by atoms with Gasteiger partial charge in [-0.1, -0.05) is 24.3 Å². The van der Waals surface area contributed by atoms with E-state index in [0.717, 1.165) is 12.1 Å². The summed E-state index contributed by atoms with van der Waals surface area (Å²) in [6.45, 7) is 0. The fourth-order valence-corrected chi connectivity index (χ4v) is 3.80. The first-order chi connectivity index (χ1) is 14.2. The number of nitrogens with one attached hydrogen (secondary N) is 1. The maximum atomic E-state index is 12.1. The molecule has 3 atom stereocenters. The van der Waals surface area contributed by atoms with Crippen LogP contribution in [0.2, 0.25) is 0 Å². The van der Waals surface area contributed by atoms with Crippen molar-refractivity contribution < 1.29 is 32.6 Å². The third kappa shape index (κ3) is 4.29. The molecular formula is C21H19F3N2O4. The number of nitrogens with zero attached hydrogens (tertiary/aromatic N) is 1. The number of carboxylic acid groups (broad SMARTS) is 1. The summed E-state index contributed by atoms with van der Waals surface area (Å²) in [6, 6.07) is 10.1. The number of pyridine rings is 1. The van der Waals surface area contributed by atoms with Crippen LogP contribution in [0.5, 0.6) is 0 Å². The van der Waals surface area contributed by atoms with E-state index in [1.165, 1.54) is 18.2 Å². The van der Waals surface area contributed by atoms with Gasteiger partial charge in [-0.3, -0.25) is 4.98 Å². The molecule has 1 aliphatic carbocycles. The van der Waals surface area contributed by atoms with Crippen LogP contribution in [-0.4, -0.2) is 35.3 Å². The van der Waals surface area contributed by atoms with E-state index < -0.39 is 12.1 Å². The van der Waals surface area contributed by atoms with Gasteiger partial charge in [0, 0.05) is 18.3 Å². The molecule has 2 N–H and O–H groups in total. The van der Waals surface area contributed by atoms with Crippen LogP contribution >= 0.6 is 0 Å². The Morgan fingerprint density at radius 3 is 2.47 bits per heavy atom. The molecule has 2 aromatic rings. The zero-order chi connectivity index (χ0) is 21.9. The van der Waals surface area contributed by atoms with Crippen molar-refractivity contribution >= 4 is 17.6 Å². The quantitative estimate of drug-likeness (QED) is 0.556. The topological polar surface area (TPSA) is 88.5 Å². The van der Waals surface area contributed by atoms with E-state index in [9.17, 15) is 18.0 Å². The predicted octanol–water partition coefficient (Wildman–Crippen LogP) is 4.33. The normalized spacial score (nSPS) is 21.4. The number of allylic oxidation sites excluding steroid dienone is 2. The van der Waals surface area contributed by atoms with Crippen LogP contribution in [0.25, 0.3) is 0 Å². The van der Waals surface area contributed by atoms with Gasteiger partial charge in [0.25, 0.3) is 0 Å². The number of methoxy groups -OCH3 is 1. The number of esters is 1. The standard InChI is InChI=1S/C19H18N2O2.C2HF3O2/c1-23-19(22)16-7-3-6-15-13-4-2-5-14(13)17(21-18(15)16)12-8-10-20-11-9-12;3-2(4,5)1(6)7/h2-4,6-11,13-14,17,21H,5H2,1H3;(H,6,7)/t13-,14+,17+;/m1./s1. The van der Waals surface area contributed by atoms with E-state index >= 15 is 0 Å². The number of carbonyl (C=O) groups excluding carboxylic acids is 1. The average molecular weight is 420 g/mol. The third-order valence-electron chi connectivity index (χ3n) is 5.11. The van der Waals surface area contributed by atoms with Crippen molar-refractivity contribution in [3.63, 3.8) is 0 Å². The smallest absolute Gasteiger partial charge is 0.475 e.